The molecule has 0 amide bonds. The van der Waals surface area contributed by atoms with Gasteiger partial charge in [-0.25, -0.2) is 0 Å². The van der Waals surface area contributed by atoms with Crippen molar-refractivity contribution in [3.8, 4) is 5.75 Å². The lowest BCUT2D eigenvalue weighted by Crippen LogP contribution is -2.44. The van der Waals surface area contributed by atoms with Crippen LogP contribution in [0.2, 0.25) is 0 Å². The summed E-state index contributed by atoms with van der Waals surface area (Å²) in [5.74, 6) is 1.36. The van der Waals surface area contributed by atoms with Crippen molar-refractivity contribution in [3.63, 3.8) is 0 Å². The third kappa shape index (κ3) is 1.73. The summed E-state index contributed by atoms with van der Waals surface area (Å²) in [5.41, 5.74) is 2.22. The van der Waals surface area contributed by atoms with Crippen molar-refractivity contribution in [1.29, 1.82) is 0 Å². The predicted molar refractivity (Wildman–Crippen MR) is 80.4 cm³/mol. The minimum absolute atomic E-state index is 0.0126. The molecule has 0 saturated heterocycles. The highest BCUT2D eigenvalue weighted by Gasteiger charge is 2.56. The molecule has 2 aliphatic carbocycles. The third-order valence-corrected chi connectivity index (χ3v) is 5.38. The molecular weight excluding hydrogens is 248 g/mol. The number of hydrogen-bond donors (Lipinski definition) is 0. The second-order valence-electron chi connectivity index (χ2n) is 7.20. The maximum absolute atomic E-state index is 12.9. The van der Waals surface area contributed by atoms with Crippen LogP contribution in [0.15, 0.2) is 18.2 Å². The Balaban J connectivity index is 2.13. The van der Waals surface area contributed by atoms with E-state index >= 15 is 0 Å². The Morgan fingerprint density at radius 2 is 2.00 bits per heavy atom. The Labute approximate surface area is 121 Å². The van der Waals surface area contributed by atoms with Gasteiger partial charge >= 0.3 is 0 Å². The first kappa shape index (κ1) is 13.7. The number of ketones is 1. The largest absolute Gasteiger partial charge is 0.494 e. The Morgan fingerprint density at radius 3 is 2.70 bits per heavy atom. The SMILES string of the molecule is CCOc1ccc2c(c1)[C@]1(C)CCCC(C)(C)[C@@H]1C2=O. The fraction of sp³-hybridized carbons (Fsp3) is 0.611. The molecule has 1 aromatic rings. The van der Waals surface area contributed by atoms with Gasteiger partial charge in [-0.1, -0.05) is 27.2 Å². The zero-order valence-corrected chi connectivity index (χ0v) is 13.0. The second-order valence-corrected chi connectivity index (χ2v) is 7.20. The molecule has 2 heteroatoms. The van der Waals surface area contributed by atoms with E-state index in [1.165, 1.54) is 12.0 Å². The molecular formula is C18H24O2. The number of fused-ring (bicyclic) bond motifs is 3. The van der Waals surface area contributed by atoms with Crippen LogP contribution >= 0.6 is 0 Å². The van der Waals surface area contributed by atoms with Crippen molar-refractivity contribution in [3.05, 3.63) is 29.3 Å². The van der Waals surface area contributed by atoms with Crippen molar-refractivity contribution in [2.24, 2.45) is 11.3 Å². The Hall–Kier alpha value is -1.31. The van der Waals surface area contributed by atoms with Crippen LogP contribution in [0, 0.1) is 11.3 Å². The maximum Gasteiger partial charge on any atom is 0.167 e. The van der Waals surface area contributed by atoms with Crippen LogP contribution in [-0.2, 0) is 5.41 Å². The minimum atomic E-state index is -0.0126. The summed E-state index contributed by atoms with van der Waals surface area (Å²) < 4.78 is 5.63. The number of rotatable bonds is 2. The predicted octanol–water partition coefficient (Wildman–Crippen LogP) is 4.37. The maximum atomic E-state index is 12.9. The zero-order chi connectivity index (χ0) is 14.5. The molecule has 2 nitrogen and oxygen atoms in total. The third-order valence-electron chi connectivity index (χ3n) is 5.38. The van der Waals surface area contributed by atoms with Crippen molar-refractivity contribution < 1.29 is 9.53 Å². The van der Waals surface area contributed by atoms with E-state index in [9.17, 15) is 4.79 Å². The van der Waals surface area contributed by atoms with Crippen LogP contribution < -0.4 is 4.74 Å². The Kier molecular flexibility index (Phi) is 2.97. The van der Waals surface area contributed by atoms with Crippen molar-refractivity contribution in [2.75, 3.05) is 6.61 Å². The summed E-state index contributed by atoms with van der Waals surface area (Å²) in [5, 5.41) is 0. The lowest BCUT2D eigenvalue weighted by Gasteiger charge is -2.46. The fourth-order valence-electron chi connectivity index (χ4n) is 4.62. The average Bonchev–Trinajstić information content (AvgIpc) is 2.59. The van der Waals surface area contributed by atoms with E-state index in [0.29, 0.717) is 12.4 Å². The van der Waals surface area contributed by atoms with E-state index in [0.717, 1.165) is 24.2 Å². The number of carbonyl (C=O) groups excluding carboxylic acids is 1. The highest BCUT2D eigenvalue weighted by Crippen LogP contribution is 2.58. The van der Waals surface area contributed by atoms with Crippen LogP contribution in [0.5, 0.6) is 5.75 Å². The number of hydrogen-bond acceptors (Lipinski definition) is 2. The van der Waals surface area contributed by atoms with E-state index in [-0.39, 0.29) is 16.7 Å². The molecule has 1 saturated carbocycles. The van der Waals surface area contributed by atoms with Gasteiger partial charge in [0.2, 0.25) is 0 Å². The highest BCUT2D eigenvalue weighted by molar-refractivity contribution is 6.04. The van der Waals surface area contributed by atoms with E-state index in [4.69, 9.17) is 4.74 Å². The Bertz CT molecular complexity index is 559. The van der Waals surface area contributed by atoms with Crippen LogP contribution in [-0.4, -0.2) is 12.4 Å². The summed E-state index contributed by atoms with van der Waals surface area (Å²) in [6, 6.07) is 6.02. The van der Waals surface area contributed by atoms with Crippen molar-refractivity contribution >= 4 is 5.78 Å². The number of ether oxygens (including phenoxy) is 1. The van der Waals surface area contributed by atoms with Crippen LogP contribution in [0.4, 0.5) is 0 Å². The zero-order valence-electron chi connectivity index (χ0n) is 13.0. The number of Topliss-reactive ketones (excluding diaryl/α,β-unsaturated/α-hetero) is 1. The lowest BCUT2D eigenvalue weighted by molar-refractivity contribution is 0.0500. The minimum Gasteiger partial charge on any atom is -0.494 e. The molecule has 0 heterocycles. The molecule has 0 bridgehead atoms. The summed E-state index contributed by atoms with van der Waals surface area (Å²) in [4.78, 5) is 12.9. The molecule has 0 N–H and O–H groups in total. The second kappa shape index (κ2) is 4.34. The normalized spacial score (nSPS) is 30.8. The van der Waals surface area contributed by atoms with Gasteiger partial charge < -0.3 is 4.74 Å². The standard InChI is InChI=1S/C18H24O2/c1-5-20-12-7-8-13-14(11-12)18(4)10-6-9-17(2,3)16(18)15(13)19/h7-8,11,16H,5-6,9-10H2,1-4H3/t16-,18-/m0/s1. The molecule has 108 valence electrons. The van der Waals surface area contributed by atoms with Crippen molar-refractivity contribution in [1.82, 2.24) is 0 Å². The van der Waals surface area contributed by atoms with E-state index < -0.39 is 0 Å². The molecule has 2 atom stereocenters. The summed E-state index contributed by atoms with van der Waals surface area (Å²) in [6.07, 6.45) is 3.45. The number of benzene rings is 1. The summed E-state index contributed by atoms with van der Waals surface area (Å²) in [6.45, 7) is 9.44. The first-order valence-electron chi connectivity index (χ1n) is 7.72. The quantitative estimate of drug-likeness (QED) is 0.799. The van der Waals surface area contributed by atoms with Crippen LogP contribution in [0.25, 0.3) is 0 Å². The smallest absolute Gasteiger partial charge is 0.167 e. The van der Waals surface area contributed by atoms with E-state index in [1.807, 2.05) is 19.1 Å². The lowest BCUT2D eigenvalue weighted by atomic mass is 9.56. The van der Waals surface area contributed by atoms with Gasteiger partial charge in [0.1, 0.15) is 5.75 Å². The van der Waals surface area contributed by atoms with Crippen molar-refractivity contribution in [2.45, 2.75) is 52.4 Å². The highest BCUT2D eigenvalue weighted by atomic mass is 16.5. The van der Waals surface area contributed by atoms with Crippen LogP contribution in [0.3, 0.4) is 0 Å². The monoisotopic (exact) mass is 272 g/mol. The molecule has 0 unspecified atom stereocenters. The molecule has 2 aliphatic rings. The van der Waals surface area contributed by atoms with Gasteiger partial charge in [0.15, 0.2) is 5.78 Å². The molecule has 1 fully saturated rings. The fourth-order valence-corrected chi connectivity index (χ4v) is 4.62. The van der Waals surface area contributed by atoms with Gasteiger partial charge in [-0.05, 0) is 48.9 Å². The number of carbonyl (C=O) groups is 1. The molecule has 3 rings (SSSR count). The summed E-state index contributed by atoms with van der Waals surface area (Å²) >= 11 is 0. The van der Waals surface area contributed by atoms with Gasteiger partial charge in [0, 0.05) is 16.9 Å². The van der Waals surface area contributed by atoms with Gasteiger partial charge in [-0.3, -0.25) is 4.79 Å². The van der Waals surface area contributed by atoms with E-state index in [1.54, 1.807) is 0 Å². The topological polar surface area (TPSA) is 26.3 Å². The molecule has 0 spiro atoms. The molecule has 0 aliphatic heterocycles. The average molecular weight is 272 g/mol. The van der Waals surface area contributed by atoms with Gasteiger partial charge in [0.05, 0.1) is 6.61 Å². The first-order chi connectivity index (χ1) is 9.40. The Morgan fingerprint density at radius 1 is 1.25 bits per heavy atom. The van der Waals surface area contributed by atoms with Gasteiger partial charge in [-0.15, -0.1) is 0 Å². The first-order valence-corrected chi connectivity index (χ1v) is 7.72. The summed E-state index contributed by atoms with van der Waals surface area (Å²) in [7, 11) is 0. The van der Waals surface area contributed by atoms with Gasteiger partial charge in [0.25, 0.3) is 0 Å². The molecule has 0 radical (unpaired) electrons. The van der Waals surface area contributed by atoms with Gasteiger partial charge in [-0.2, -0.15) is 0 Å². The molecule has 0 aromatic heterocycles. The van der Waals surface area contributed by atoms with Crippen LogP contribution in [0.1, 0.15) is 62.9 Å². The molecule has 20 heavy (non-hydrogen) atoms. The van der Waals surface area contributed by atoms with E-state index in [2.05, 4.69) is 26.8 Å². The molecule has 1 aromatic carbocycles.